The number of rotatable bonds is 5. The Morgan fingerprint density at radius 3 is 2.73 bits per heavy atom. The number of likely N-dealkylation sites (tertiary alicyclic amines) is 1. The van der Waals surface area contributed by atoms with Crippen LogP contribution in [-0.4, -0.2) is 47.1 Å². The van der Waals surface area contributed by atoms with E-state index >= 15 is 0 Å². The van der Waals surface area contributed by atoms with Gasteiger partial charge in [-0.05, 0) is 43.2 Å². The third kappa shape index (κ3) is 4.20. The molecule has 0 saturated carbocycles. The number of aromatic amines is 1. The van der Waals surface area contributed by atoms with Crippen molar-refractivity contribution in [3.8, 4) is 5.75 Å². The second kappa shape index (κ2) is 8.82. The van der Waals surface area contributed by atoms with Crippen molar-refractivity contribution >= 4 is 17.5 Å². The van der Waals surface area contributed by atoms with Crippen LogP contribution in [0.4, 0.5) is 5.69 Å². The maximum atomic E-state index is 13.0. The Labute approximate surface area is 175 Å². The molecule has 1 aliphatic heterocycles. The van der Waals surface area contributed by atoms with Crippen molar-refractivity contribution in [2.24, 2.45) is 0 Å². The lowest BCUT2D eigenvalue weighted by Gasteiger charge is -2.32. The van der Waals surface area contributed by atoms with Crippen molar-refractivity contribution in [1.29, 1.82) is 0 Å². The summed E-state index contributed by atoms with van der Waals surface area (Å²) in [7, 11) is 1.59. The molecule has 0 spiro atoms. The summed E-state index contributed by atoms with van der Waals surface area (Å²) in [5, 5.41) is 10.1. The van der Waals surface area contributed by atoms with Crippen LogP contribution in [0, 0.1) is 0 Å². The normalized spacial score (nSPS) is 16.2. The van der Waals surface area contributed by atoms with E-state index in [9.17, 15) is 9.59 Å². The first-order valence-corrected chi connectivity index (χ1v) is 9.98. The number of anilines is 1. The molecule has 30 heavy (non-hydrogen) atoms. The Morgan fingerprint density at radius 1 is 1.13 bits per heavy atom. The lowest BCUT2D eigenvalue weighted by molar-refractivity contribution is 0.0705. The molecule has 0 aliphatic carbocycles. The Balaban J connectivity index is 1.48. The van der Waals surface area contributed by atoms with E-state index in [1.165, 1.54) is 0 Å². The first kappa shape index (κ1) is 19.7. The molecule has 1 fully saturated rings. The molecule has 2 heterocycles. The monoisotopic (exact) mass is 404 g/mol. The van der Waals surface area contributed by atoms with Gasteiger partial charge in [0.05, 0.1) is 24.7 Å². The van der Waals surface area contributed by atoms with Crippen LogP contribution >= 0.6 is 0 Å². The van der Waals surface area contributed by atoms with E-state index in [1.807, 2.05) is 35.2 Å². The average Bonchev–Trinajstić information content (AvgIpc) is 3.27. The summed E-state index contributed by atoms with van der Waals surface area (Å²) < 4.78 is 5.24. The Bertz CT molecular complexity index is 1030. The van der Waals surface area contributed by atoms with Gasteiger partial charge in [0.15, 0.2) is 0 Å². The van der Waals surface area contributed by atoms with Crippen LogP contribution in [0.15, 0.2) is 60.8 Å². The van der Waals surface area contributed by atoms with Gasteiger partial charge < -0.3 is 15.0 Å². The van der Waals surface area contributed by atoms with Crippen molar-refractivity contribution in [2.75, 3.05) is 25.5 Å². The molecule has 3 aromatic rings. The van der Waals surface area contributed by atoms with Gasteiger partial charge in [0.25, 0.3) is 11.8 Å². The van der Waals surface area contributed by atoms with E-state index in [2.05, 4.69) is 15.5 Å². The minimum absolute atomic E-state index is 0.0204. The molecule has 1 aliphatic rings. The molecular weight excluding hydrogens is 380 g/mol. The SMILES string of the molecule is COc1cccc(C(=O)N2CCC[C@@H](c3[nH]ncc3NC(=O)c3ccccc3)C2)c1. The van der Waals surface area contributed by atoms with Gasteiger partial charge in [-0.3, -0.25) is 14.7 Å². The van der Waals surface area contributed by atoms with Crippen molar-refractivity contribution < 1.29 is 14.3 Å². The summed E-state index contributed by atoms with van der Waals surface area (Å²) in [6.45, 7) is 1.26. The highest BCUT2D eigenvalue weighted by molar-refractivity contribution is 6.04. The van der Waals surface area contributed by atoms with Gasteiger partial charge in [-0.2, -0.15) is 5.10 Å². The average molecular weight is 404 g/mol. The molecule has 154 valence electrons. The quantitative estimate of drug-likeness (QED) is 0.679. The summed E-state index contributed by atoms with van der Waals surface area (Å²) in [5.41, 5.74) is 2.70. The maximum Gasteiger partial charge on any atom is 0.255 e. The third-order valence-corrected chi connectivity index (χ3v) is 5.39. The lowest BCUT2D eigenvalue weighted by atomic mass is 9.93. The number of hydrogen-bond donors (Lipinski definition) is 2. The largest absolute Gasteiger partial charge is 0.497 e. The molecule has 7 heteroatoms. The highest BCUT2D eigenvalue weighted by Crippen LogP contribution is 2.31. The van der Waals surface area contributed by atoms with Crippen molar-refractivity contribution in [3.63, 3.8) is 0 Å². The number of aromatic nitrogens is 2. The van der Waals surface area contributed by atoms with Gasteiger partial charge in [0.2, 0.25) is 0 Å². The molecule has 2 amide bonds. The van der Waals surface area contributed by atoms with Crippen LogP contribution in [0.1, 0.15) is 45.2 Å². The number of piperidine rings is 1. The summed E-state index contributed by atoms with van der Waals surface area (Å²) in [5.74, 6) is 0.530. The third-order valence-electron chi connectivity index (χ3n) is 5.39. The van der Waals surface area contributed by atoms with Crippen molar-refractivity contribution in [1.82, 2.24) is 15.1 Å². The van der Waals surface area contributed by atoms with Gasteiger partial charge >= 0.3 is 0 Å². The fraction of sp³-hybridized carbons (Fsp3) is 0.261. The number of carbonyl (C=O) groups is 2. The molecule has 1 atom stereocenters. The molecule has 1 aromatic heterocycles. The molecular formula is C23H24N4O3. The summed E-state index contributed by atoms with van der Waals surface area (Å²) in [6, 6.07) is 16.3. The van der Waals surface area contributed by atoms with E-state index in [1.54, 1.807) is 37.6 Å². The Hall–Kier alpha value is -3.61. The minimum Gasteiger partial charge on any atom is -0.497 e. The number of benzene rings is 2. The number of methoxy groups -OCH3 is 1. The number of nitrogens with one attached hydrogen (secondary N) is 2. The highest BCUT2D eigenvalue weighted by Gasteiger charge is 2.28. The van der Waals surface area contributed by atoms with E-state index in [0.717, 1.165) is 18.5 Å². The summed E-state index contributed by atoms with van der Waals surface area (Å²) in [6.07, 6.45) is 3.42. The van der Waals surface area contributed by atoms with Crippen LogP contribution in [0.3, 0.4) is 0 Å². The van der Waals surface area contributed by atoms with E-state index < -0.39 is 0 Å². The summed E-state index contributed by atoms with van der Waals surface area (Å²) >= 11 is 0. The predicted octanol–water partition coefficient (Wildman–Crippen LogP) is 3.69. The van der Waals surface area contributed by atoms with E-state index in [0.29, 0.717) is 35.7 Å². The molecule has 0 unspecified atom stereocenters. The number of nitrogens with zero attached hydrogens (tertiary/aromatic N) is 2. The minimum atomic E-state index is -0.182. The van der Waals surface area contributed by atoms with E-state index in [-0.39, 0.29) is 17.7 Å². The number of ether oxygens (including phenoxy) is 1. The van der Waals surface area contributed by atoms with Crippen LogP contribution in [0.25, 0.3) is 0 Å². The molecule has 2 aromatic carbocycles. The van der Waals surface area contributed by atoms with Gasteiger partial charge in [0, 0.05) is 30.1 Å². The molecule has 4 rings (SSSR count). The molecule has 1 saturated heterocycles. The zero-order chi connectivity index (χ0) is 20.9. The molecule has 0 radical (unpaired) electrons. The van der Waals surface area contributed by atoms with Gasteiger partial charge in [-0.15, -0.1) is 0 Å². The van der Waals surface area contributed by atoms with Crippen molar-refractivity contribution in [3.05, 3.63) is 77.6 Å². The maximum absolute atomic E-state index is 13.0. The fourth-order valence-corrected chi connectivity index (χ4v) is 3.83. The standard InChI is InChI=1S/C23H24N4O3/c1-30-19-11-5-9-17(13-19)23(29)27-12-6-10-18(15-27)21-20(14-24-26-21)25-22(28)16-7-3-2-4-8-16/h2-5,7-9,11,13-14,18H,6,10,12,15H2,1H3,(H,24,26)(H,25,28)/t18-/m1/s1. The zero-order valence-corrected chi connectivity index (χ0v) is 16.8. The topological polar surface area (TPSA) is 87.3 Å². The molecule has 2 N–H and O–H groups in total. The first-order valence-electron chi connectivity index (χ1n) is 9.98. The number of amides is 2. The van der Waals surface area contributed by atoms with Crippen LogP contribution in [0.5, 0.6) is 5.75 Å². The highest BCUT2D eigenvalue weighted by atomic mass is 16.5. The number of carbonyl (C=O) groups excluding carboxylic acids is 2. The van der Waals surface area contributed by atoms with Gasteiger partial charge in [0.1, 0.15) is 5.75 Å². The molecule has 0 bridgehead atoms. The molecule has 7 nitrogen and oxygen atoms in total. The summed E-state index contributed by atoms with van der Waals surface area (Å²) in [4.78, 5) is 27.4. The van der Waals surface area contributed by atoms with Crippen LogP contribution in [-0.2, 0) is 0 Å². The fourth-order valence-electron chi connectivity index (χ4n) is 3.83. The Kier molecular flexibility index (Phi) is 5.79. The number of H-pyrrole nitrogens is 1. The van der Waals surface area contributed by atoms with E-state index in [4.69, 9.17) is 4.74 Å². The van der Waals surface area contributed by atoms with Gasteiger partial charge in [-0.25, -0.2) is 0 Å². The second-order valence-electron chi connectivity index (χ2n) is 7.34. The lowest BCUT2D eigenvalue weighted by Crippen LogP contribution is -2.39. The predicted molar refractivity (Wildman–Crippen MR) is 114 cm³/mol. The smallest absolute Gasteiger partial charge is 0.255 e. The Morgan fingerprint density at radius 2 is 1.93 bits per heavy atom. The first-order chi connectivity index (χ1) is 14.7. The second-order valence-corrected chi connectivity index (χ2v) is 7.34. The van der Waals surface area contributed by atoms with Gasteiger partial charge in [-0.1, -0.05) is 24.3 Å². The number of hydrogen-bond acceptors (Lipinski definition) is 4. The van der Waals surface area contributed by atoms with Crippen LogP contribution < -0.4 is 10.1 Å². The zero-order valence-electron chi connectivity index (χ0n) is 16.8. The van der Waals surface area contributed by atoms with Crippen LogP contribution in [0.2, 0.25) is 0 Å². The van der Waals surface area contributed by atoms with Crippen molar-refractivity contribution in [2.45, 2.75) is 18.8 Å².